The Kier molecular flexibility index (Phi) is 6.24. The predicted molar refractivity (Wildman–Crippen MR) is 137 cm³/mol. The third-order valence-electron chi connectivity index (χ3n) is 5.05. The predicted octanol–water partition coefficient (Wildman–Crippen LogP) is 7.06. The van der Waals surface area contributed by atoms with Crippen LogP contribution in [0.15, 0.2) is 72.9 Å². The summed E-state index contributed by atoms with van der Waals surface area (Å²) in [6.45, 7) is 2.17. The number of nitrogens with zero attached hydrogens (tertiary/aromatic N) is 3. The molecule has 6 nitrogen and oxygen atoms in total. The standard InChI is InChI=1S/C25H18Cl2N4O2S/c1-15-2-8-20-23(12-15)34-25(29-20)16-3-6-18(7-4-16)28-24(32)21-10-11-31(30-21)14-33-22-9-5-17(26)13-19(22)27/h2-13H,14H2,1H3,(H,28,32). The molecule has 0 fully saturated rings. The van der Waals surface area contributed by atoms with Gasteiger partial charge in [0.1, 0.15) is 10.8 Å². The Bertz CT molecular complexity index is 1490. The highest BCUT2D eigenvalue weighted by atomic mass is 35.5. The molecular weight excluding hydrogens is 491 g/mol. The fourth-order valence-corrected chi connectivity index (χ4v) is 4.86. The molecule has 2 aromatic heterocycles. The quantitative estimate of drug-likeness (QED) is 0.266. The number of ether oxygens (including phenoxy) is 1. The van der Waals surface area contributed by atoms with Crippen LogP contribution >= 0.6 is 34.5 Å². The Morgan fingerprint density at radius 1 is 1.06 bits per heavy atom. The van der Waals surface area contributed by atoms with Gasteiger partial charge >= 0.3 is 0 Å². The van der Waals surface area contributed by atoms with Crippen LogP contribution < -0.4 is 10.1 Å². The minimum atomic E-state index is -0.313. The SMILES string of the molecule is Cc1ccc2nc(-c3ccc(NC(=O)c4ccn(COc5ccc(Cl)cc5Cl)n4)cc3)sc2c1. The third kappa shape index (κ3) is 4.92. The van der Waals surface area contributed by atoms with Gasteiger partial charge in [0.2, 0.25) is 0 Å². The van der Waals surface area contributed by atoms with E-state index in [9.17, 15) is 4.79 Å². The first kappa shape index (κ1) is 22.4. The number of nitrogens with one attached hydrogen (secondary N) is 1. The number of carbonyl (C=O) groups is 1. The molecule has 1 N–H and O–H groups in total. The van der Waals surface area contributed by atoms with Gasteiger partial charge in [0.25, 0.3) is 5.91 Å². The summed E-state index contributed by atoms with van der Waals surface area (Å²) in [5.74, 6) is 0.169. The highest BCUT2D eigenvalue weighted by Gasteiger charge is 2.12. The smallest absolute Gasteiger partial charge is 0.276 e. The third-order valence-corrected chi connectivity index (χ3v) is 6.65. The molecule has 5 rings (SSSR count). The first-order chi connectivity index (χ1) is 16.4. The summed E-state index contributed by atoms with van der Waals surface area (Å²) in [5, 5.41) is 9.01. The summed E-state index contributed by atoms with van der Waals surface area (Å²) < 4.78 is 8.32. The van der Waals surface area contributed by atoms with Gasteiger partial charge in [0.05, 0.1) is 15.2 Å². The van der Waals surface area contributed by atoms with Crippen molar-refractivity contribution in [3.63, 3.8) is 0 Å². The Morgan fingerprint density at radius 3 is 2.68 bits per heavy atom. The molecule has 3 aromatic carbocycles. The van der Waals surface area contributed by atoms with Gasteiger partial charge in [-0.15, -0.1) is 11.3 Å². The van der Waals surface area contributed by atoms with E-state index >= 15 is 0 Å². The number of halogens is 2. The number of benzene rings is 3. The molecule has 1 amide bonds. The van der Waals surface area contributed by atoms with Gasteiger partial charge in [-0.05, 0) is 73.2 Å². The van der Waals surface area contributed by atoms with Crippen LogP contribution in [-0.2, 0) is 6.73 Å². The van der Waals surface area contributed by atoms with Gasteiger partial charge in [-0.25, -0.2) is 9.67 Å². The van der Waals surface area contributed by atoms with E-state index in [1.807, 2.05) is 30.3 Å². The summed E-state index contributed by atoms with van der Waals surface area (Å²) >= 11 is 13.7. The van der Waals surface area contributed by atoms with Crippen molar-refractivity contribution in [1.29, 1.82) is 0 Å². The van der Waals surface area contributed by atoms with Crippen molar-refractivity contribution < 1.29 is 9.53 Å². The first-order valence-electron chi connectivity index (χ1n) is 10.3. The molecule has 2 heterocycles. The van der Waals surface area contributed by atoms with E-state index in [0.717, 1.165) is 20.8 Å². The highest BCUT2D eigenvalue weighted by Crippen LogP contribution is 2.31. The number of carbonyl (C=O) groups excluding carboxylic acids is 1. The lowest BCUT2D eigenvalue weighted by molar-refractivity contribution is 0.102. The van der Waals surface area contributed by atoms with E-state index < -0.39 is 0 Å². The van der Waals surface area contributed by atoms with Crippen LogP contribution in [0.4, 0.5) is 5.69 Å². The maximum absolute atomic E-state index is 12.6. The van der Waals surface area contributed by atoms with Crippen LogP contribution in [0, 0.1) is 6.92 Å². The van der Waals surface area contributed by atoms with Crippen LogP contribution in [0.5, 0.6) is 5.75 Å². The second-order valence-electron chi connectivity index (χ2n) is 7.61. The van der Waals surface area contributed by atoms with Crippen LogP contribution in [-0.4, -0.2) is 20.7 Å². The van der Waals surface area contributed by atoms with E-state index in [0.29, 0.717) is 21.5 Å². The van der Waals surface area contributed by atoms with Crippen LogP contribution in [0.1, 0.15) is 16.1 Å². The minimum absolute atomic E-state index is 0.102. The molecule has 34 heavy (non-hydrogen) atoms. The van der Waals surface area contributed by atoms with Crippen LogP contribution in [0.3, 0.4) is 0 Å². The Labute approximate surface area is 209 Å². The molecule has 0 aliphatic carbocycles. The van der Waals surface area contributed by atoms with E-state index in [4.69, 9.17) is 32.9 Å². The van der Waals surface area contributed by atoms with Crippen molar-refractivity contribution in [2.75, 3.05) is 5.32 Å². The Hall–Kier alpha value is -3.39. The van der Waals surface area contributed by atoms with E-state index in [-0.39, 0.29) is 18.3 Å². The fraction of sp³-hybridized carbons (Fsp3) is 0.0800. The van der Waals surface area contributed by atoms with Gasteiger partial charge in [-0.2, -0.15) is 5.10 Å². The summed E-state index contributed by atoms with van der Waals surface area (Å²) in [7, 11) is 0. The summed E-state index contributed by atoms with van der Waals surface area (Å²) in [6, 6.07) is 20.4. The largest absolute Gasteiger partial charge is 0.470 e. The molecule has 170 valence electrons. The van der Waals surface area contributed by atoms with E-state index in [1.54, 1.807) is 41.8 Å². The van der Waals surface area contributed by atoms with Crippen molar-refractivity contribution in [2.45, 2.75) is 13.7 Å². The summed E-state index contributed by atoms with van der Waals surface area (Å²) in [6.07, 6.45) is 1.66. The number of hydrogen-bond donors (Lipinski definition) is 1. The number of aromatic nitrogens is 3. The second kappa shape index (κ2) is 9.46. The van der Waals surface area contributed by atoms with Gasteiger partial charge < -0.3 is 10.1 Å². The van der Waals surface area contributed by atoms with Crippen molar-refractivity contribution in [1.82, 2.24) is 14.8 Å². The molecule has 0 aliphatic heterocycles. The summed E-state index contributed by atoms with van der Waals surface area (Å²) in [5.41, 5.74) is 4.14. The second-order valence-corrected chi connectivity index (χ2v) is 9.48. The van der Waals surface area contributed by atoms with Gasteiger partial charge in [-0.1, -0.05) is 29.3 Å². The fourth-order valence-electron chi connectivity index (χ4n) is 3.33. The maximum Gasteiger partial charge on any atom is 0.276 e. The topological polar surface area (TPSA) is 69.0 Å². The lowest BCUT2D eigenvalue weighted by Crippen LogP contribution is -2.14. The van der Waals surface area contributed by atoms with Crippen molar-refractivity contribution in [3.05, 3.63) is 94.2 Å². The first-order valence-corrected chi connectivity index (χ1v) is 11.9. The van der Waals surface area contributed by atoms with Crippen LogP contribution in [0.2, 0.25) is 10.0 Å². The van der Waals surface area contributed by atoms with Crippen molar-refractivity contribution in [3.8, 4) is 16.3 Å². The average molecular weight is 509 g/mol. The van der Waals surface area contributed by atoms with Crippen molar-refractivity contribution >= 4 is 56.3 Å². The average Bonchev–Trinajstić information content (AvgIpc) is 3.46. The zero-order chi connectivity index (χ0) is 23.7. The van der Waals surface area contributed by atoms with Crippen molar-refractivity contribution in [2.24, 2.45) is 0 Å². The van der Waals surface area contributed by atoms with Gasteiger partial charge in [-0.3, -0.25) is 4.79 Å². The molecule has 0 saturated heterocycles. The molecule has 5 aromatic rings. The molecule has 0 radical (unpaired) electrons. The number of amides is 1. The lowest BCUT2D eigenvalue weighted by Gasteiger charge is -2.08. The number of rotatable bonds is 6. The minimum Gasteiger partial charge on any atom is -0.470 e. The molecule has 0 bridgehead atoms. The number of fused-ring (bicyclic) bond motifs is 1. The summed E-state index contributed by atoms with van der Waals surface area (Å²) in [4.78, 5) is 17.3. The van der Waals surface area contributed by atoms with E-state index in [1.165, 1.54) is 10.2 Å². The molecular formula is C25H18Cl2N4O2S. The normalized spacial score (nSPS) is 11.0. The molecule has 0 saturated carbocycles. The van der Waals surface area contributed by atoms with Gasteiger partial charge in [0.15, 0.2) is 12.4 Å². The number of hydrogen-bond acceptors (Lipinski definition) is 5. The molecule has 0 spiro atoms. The monoisotopic (exact) mass is 508 g/mol. The zero-order valence-electron chi connectivity index (χ0n) is 18.0. The number of anilines is 1. The Balaban J connectivity index is 1.22. The van der Waals surface area contributed by atoms with E-state index in [2.05, 4.69) is 29.5 Å². The maximum atomic E-state index is 12.6. The van der Waals surface area contributed by atoms with Crippen LogP contribution in [0.25, 0.3) is 20.8 Å². The number of aryl methyl sites for hydroxylation is 1. The molecule has 0 unspecified atom stereocenters. The molecule has 9 heteroatoms. The molecule has 0 aliphatic rings. The Morgan fingerprint density at radius 2 is 1.88 bits per heavy atom. The lowest BCUT2D eigenvalue weighted by atomic mass is 10.2. The molecule has 0 atom stereocenters. The van der Waals surface area contributed by atoms with Gasteiger partial charge in [0, 0.05) is 22.5 Å². The highest BCUT2D eigenvalue weighted by molar-refractivity contribution is 7.21. The zero-order valence-corrected chi connectivity index (χ0v) is 20.3. The number of thiazole rings is 1.